The van der Waals surface area contributed by atoms with Gasteiger partial charge in [0.15, 0.2) is 0 Å². The van der Waals surface area contributed by atoms with E-state index in [1.165, 1.54) is 5.56 Å². The van der Waals surface area contributed by atoms with Crippen LogP contribution in [0.15, 0.2) is 54.1 Å². The van der Waals surface area contributed by atoms with Crippen LogP contribution in [-0.4, -0.2) is 28.2 Å². The van der Waals surface area contributed by atoms with Gasteiger partial charge in [-0.3, -0.25) is 9.59 Å². The van der Waals surface area contributed by atoms with Crippen LogP contribution in [-0.2, 0) is 9.59 Å². The number of rotatable bonds is 5. The van der Waals surface area contributed by atoms with Gasteiger partial charge in [-0.1, -0.05) is 81.8 Å². The quantitative estimate of drug-likeness (QED) is 0.433. The third-order valence-electron chi connectivity index (χ3n) is 5.35. The van der Waals surface area contributed by atoms with Crippen LogP contribution in [0.25, 0.3) is 5.76 Å². The van der Waals surface area contributed by atoms with E-state index in [0.29, 0.717) is 18.0 Å². The summed E-state index contributed by atoms with van der Waals surface area (Å²) in [5.74, 6) is -0.705. The molecule has 1 aliphatic heterocycles. The minimum Gasteiger partial charge on any atom is -0.507 e. The lowest BCUT2D eigenvalue weighted by atomic mass is 9.93. The van der Waals surface area contributed by atoms with E-state index in [2.05, 4.69) is 13.8 Å². The highest BCUT2D eigenvalue weighted by atomic mass is 16.3. The normalized spacial score (nSPS) is 18.9. The number of Topliss-reactive ketones (excluding diaryl/α,β-unsaturated/α-hetero) is 1. The Morgan fingerprint density at radius 2 is 1.55 bits per heavy atom. The molecule has 2 aromatic carbocycles. The molecule has 152 valence electrons. The van der Waals surface area contributed by atoms with Crippen molar-refractivity contribution in [2.75, 3.05) is 6.54 Å². The number of carbonyl (C=O) groups excluding carboxylic acids is 2. The van der Waals surface area contributed by atoms with Crippen LogP contribution in [0.4, 0.5) is 0 Å². The molecule has 0 radical (unpaired) electrons. The van der Waals surface area contributed by atoms with Crippen molar-refractivity contribution < 1.29 is 14.7 Å². The van der Waals surface area contributed by atoms with Crippen LogP contribution in [0.2, 0.25) is 0 Å². The molecule has 0 aliphatic carbocycles. The molecule has 0 spiro atoms. The summed E-state index contributed by atoms with van der Waals surface area (Å²) >= 11 is 0. The first-order valence-electron chi connectivity index (χ1n) is 10.2. The third-order valence-corrected chi connectivity index (χ3v) is 5.35. The van der Waals surface area contributed by atoms with Crippen LogP contribution in [0.3, 0.4) is 0 Å². The molecule has 1 heterocycles. The number of likely N-dealkylation sites (tertiary alicyclic amines) is 1. The molecule has 1 fully saturated rings. The molecular formula is C25H29NO3. The number of aliphatic hydroxyl groups excluding tert-OH is 1. The SMILES string of the molecule is Cc1ccc(C(O)=C2C(=O)C(=O)N(CC(C)C)C2c2ccc(C(C)C)cc2)cc1. The Morgan fingerprint density at radius 1 is 0.966 bits per heavy atom. The zero-order valence-electron chi connectivity index (χ0n) is 17.8. The summed E-state index contributed by atoms with van der Waals surface area (Å²) in [6.07, 6.45) is 0. The van der Waals surface area contributed by atoms with Crippen molar-refractivity contribution in [3.8, 4) is 0 Å². The minimum atomic E-state index is -0.623. The fraction of sp³-hybridized carbons (Fsp3) is 0.360. The van der Waals surface area contributed by atoms with Gasteiger partial charge in [-0.25, -0.2) is 0 Å². The highest BCUT2D eigenvalue weighted by Crippen LogP contribution is 2.40. The van der Waals surface area contributed by atoms with Gasteiger partial charge < -0.3 is 10.0 Å². The molecule has 29 heavy (non-hydrogen) atoms. The van der Waals surface area contributed by atoms with Crippen molar-refractivity contribution in [2.24, 2.45) is 5.92 Å². The molecule has 1 amide bonds. The first-order chi connectivity index (χ1) is 13.7. The summed E-state index contributed by atoms with van der Waals surface area (Å²) in [5, 5.41) is 11.0. The third kappa shape index (κ3) is 4.12. The van der Waals surface area contributed by atoms with Crippen LogP contribution < -0.4 is 0 Å². The molecule has 4 nitrogen and oxygen atoms in total. The largest absolute Gasteiger partial charge is 0.507 e. The monoisotopic (exact) mass is 391 g/mol. The Morgan fingerprint density at radius 3 is 2.07 bits per heavy atom. The summed E-state index contributed by atoms with van der Waals surface area (Å²) in [4.78, 5) is 27.4. The number of hydrogen-bond acceptors (Lipinski definition) is 3. The summed E-state index contributed by atoms with van der Waals surface area (Å²) in [6.45, 7) is 10.7. The van der Waals surface area contributed by atoms with Gasteiger partial charge in [0.1, 0.15) is 5.76 Å². The second-order valence-electron chi connectivity index (χ2n) is 8.53. The van der Waals surface area contributed by atoms with Crippen molar-refractivity contribution in [3.05, 3.63) is 76.4 Å². The smallest absolute Gasteiger partial charge is 0.295 e. The number of benzene rings is 2. The van der Waals surface area contributed by atoms with E-state index in [0.717, 1.165) is 11.1 Å². The van der Waals surface area contributed by atoms with Gasteiger partial charge in [0, 0.05) is 12.1 Å². The predicted molar refractivity (Wildman–Crippen MR) is 116 cm³/mol. The number of ketones is 1. The number of amides is 1. The second kappa shape index (κ2) is 8.24. The van der Waals surface area contributed by atoms with Crippen molar-refractivity contribution in [3.63, 3.8) is 0 Å². The maximum Gasteiger partial charge on any atom is 0.295 e. The van der Waals surface area contributed by atoms with E-state index in [9.17, 15) is 14.7 Å². The van der Waals surface area contributed by atoms with Crippen LogP contribution in [0.5, 0.6) is 0 Å². The number of aliphatic hydroxyl groups is 1. The summed E-state index contributed by atoms with van der Waals surface area (Å²) in [7, 11) is 0. The van der Waals surface area contributed by atoms with Crippen molar-refractivity contribution >= 4 is 17.4 Å². The average Bonchev–Trinajstić information content (AvgIpc) is 2.92. The van der Waals surface area contributed by atoms with Crippen LogP contribution >= 0.6 is 0 Å². The van der Waals surface area contributed by atoms with Crippen LogP contribution in [0, 0.1) is 12.8 Å². The van der Waals surface area contributed by atoms with Gasteiger partial charge in [0.05, 0.1) is 11.6 Å². The average molecular weight is 392 g/mol. The molecule has 1 saturated heterocycles. The van der Waals surface area contributed by atoms with Gasteiger partial charge in [-0.2, -0.15) is 0 Å². The second-order valence-corrected chi connectivity index (χ2v) is 8.53. The molecule has 0 bridgehead atoms. The lowest BCUT2D eigenvalue weighted by Crippen LogP contribution is -2.33. The summed E-state index contributed by atoms with van der Waals surface area (Å²) < 4.78 is 0. The Hall–Kier alpha value is -2.88. The van der Waals surface area contributed by atoms with Gasteiger partial charge in [-0.05, 0) is 29.9 Å². The zero-order valence-corrected chi connectivity index (χ0v) is 17.8. The first kappa shape index (κ1) is 20.8. The Labute approximate surface area is 172 Å². The lowest BCUT2D eigenvalue weighted by molar-refractivity contribution is -0.140. The molecule has 1 atom stereocenters. The minimum absolute atomic E-state index is 0.118. The lowest BCUT2D eigenvalue weighted by Gasteiger charge is -2.27. The van der Waals surface area contributed by atoms with Crippen molar-refractivity contribution in [1.29, 1.82) is 0 Å². The Kier molecular flexibility index (Phi) is 5.92. The standard InChI is InChI=1S/C25H29NO3/c1-15(2)14-26-22(19-12-10-18(11-13-19)16(3)4)21(24(28)25(26)29)23(27)20-8-6-17(5)7-9-20/h6-13,15-16,22,27H,14H2,1-5H3. The molecule has 4 heteroatoms. The van der Waals surface area contributed by atoms with Gasteiger partial charge >= 0.3 is 0 Å². The Balaban J connectivity index is 2.15. The van der Waals surface area contributed by atoms with Gasteiger partial charge in [-0.15, -0.1) is 0 Å². The van der Waals surface area contributed by atoms with E-state index in [4.69, 9.17) is 0 Å². The highest BCUT2D eigenvalue weighted by molar-refractivity contribution is 6.46. The van der Waals surface area contributed by atoms with Crippen LogP contribution in [0.1, 0.15) is 61.9 Å². The van der Waals surface area contributed by atoms with Gasteiger partial charge in [0.25, 0.3) is 11.7 Å². The fourth-order valence-electron chi connectivity index (χ4n) is 3.74. The molecular weight excluding hydrogens is 362 g/mol. The first-order valence-corrected chi connectivity index (χ1v) is 10.2. The molecule has 3 rings (SSSR count). The number of nitrogens with zero attached hydrogens (tertiary/aromatic N) is 1. The molecule has 0 saturated carbocycles. The van der Waals surface area contributed by atoms with E-state index in [-0.39, 0.29) is 17.3 Å². The number of carbonyl (C=O) groups is 2. The molecule has 1 N–H and O–H groups in total. The maximum atomic E-state index is 12.9. The Bertz CT molecular complexity index is 937. The summed E-state index contributed by atoms with van der Waals surface area (Å²) in [6, 6.07) is 14.7. The molecule has 0 aromatic heterocycles. The molecule has 1 aliphatic rings. The van der Waals surface area contributed by atoms with E-state index < -0.39 is 17.7 Å². The highest BCUT2D eigenvalue weighted by Gasteiger charge is 2.46. The number of aryl methyl sites for hydroxylation is 1. The van der Waals surface area contributed by atoms with E-state index in [1.54, 1.807) is 17.0 Å². The fourth-order valence-corrected chi connectivity index (χ4v) is 3.74. The van der Waals surface area contributed by atoms with E-state index >= 15 is 0 Å². The molecule has 2 aromatic rings. The van der Waals surface area contributed by atoms with E-state index in [1.807, 2.05) is 57.2 Å². The maximum absolute atomic E-state index is 12.9. The topological polar surface area (TPSA) is 57.6 Å². The van der Waals surface area contributed by atoms with Gasteiger partial charge in [0.2, 0.25) is 0 Å². The summed E-state index contributed by atoms with van der Waals surface area (Å²) in [5.41, 5.74) is 3.79. The number of hydrogen-bond donors (Lipinski definition) is 1. The zero-order chi connectivity index (χ0) is 21.3. The van der Waals surface area contributed by atoms with Crippen molar-refractivity contribution in [1.82, 2.24) is 4.90 Å². The molecule has 1 unspecified atom stereocenters. The predicted octanol–water partition coefficient (Wildman–Crippen LogP) is 5.20. The van der Waals surface area contributed by atoms with Crippen molar-refractivity contribution in [2.45, 2.75) is 46.6 Å².